The summed E-state index contributed by atoms with van der Waals surface area (Å²) in [5.41, 5.74) is 11.5. The van der Waals surface area contributed by atoms with Gasteiger partial charge in [0.15, 0.2) is 5.82 Å². The van der Waals surface area contributed by atoms with Gasteiger partial charge in [-0.1, -0.05) is 147 Å². The molecule has 0 saturated carbocycles. The Morgan fingerprint density at radius 3 is 1.72 bits per heavy atom. The summed E-state index contributed by atoms with van der Waals surface area (Å²) in [7, 11) is -1.84. The molecule has 0 amide bonds. The minimum Gasteiger partial charge on any atom is -0.227 e. The number of hydrogen-bond acceptors (Lipinski definition) is 2. The summed E-state index contributed by atoms with van der Waals surface area (Å²) in [6, 6.07) is 52.1. The van der Waals surface area contributed by atoms with Gasteiger partial charge < -0.3 is 0 Å². The monoisotopic (exact) mass is 566 g/mol. The normalized spacial score (nSPS) is 13.1. The van der Waals surface area contributed by atoms with E-state index in [1.54, 1.807) is 0 Å². The molecule has 0 unspecified atom stereocenters. The van der Waals surface area contributed by atoms with E-state index in [-0.39, 0.29) is 0 Å². The van der Waals surface area contributed by atoms with Crippen molar-refractivity contribution in [3.63, 3.8) is 0 Å². The SMILES string of the molecule is C[Si]1(C)c2ccccc2-c2c1ccc1c(-c3cccc(-c4cccc(-c5ccccc5)c4)c3)nc(-c3ccccc3)nc21. The molecule has 2 heterocycles. The van der Waals surface area contributed by atoms with E-state index in [0.717, 1.165) is 33.5 Å². The third-order valence-electron chi connectivity index (χ3n) is 8.88. The summed E-state index contributed by atoms with van der Waals surface area (Å²) in [5.74, 6) is 0.761. The van der Waals surface area contributed by atoms with Crippen LogP contribution in [0.5, 0.6) is 0 Å². The van der Waals surface area contributed by atoms with Crippen molar-refractivity contribution in [2.45, 2.75) is 13.1 Å². The third-order valence-corrected chi connectivity index (χ3v) is 12.4. The van der Waals surface area contributed by atoms with Crippen LogP contribution in [0.4, 0.5) is 0 Å². The Hall–Kier alpha value is -5.12. The fourth-order valence-corrected chi connectivity index (χ4v) is 9.73. The zero-order valence-electron chi connectivity index (χ0n) is 24.3. The van der Waals surface area contributed by atoms with Crippen molar-refractivity contribution in [3.8, 4) is 56.0 Å². The first kappa shape index (κ1) is 25.6. The minimum atomic E-state index is -1.84. The van der Waals surface area contributed by atoms with E-state index in [2.05, 4.69) is 153 Å². The molecule has 6 aromatic carbocycles. The summed E-state index contributed by atoms with van der Waals surface area (Å²) in [4.78, 5) is 10.6. The van der Waals surface area contributed by atoms with Gasteiger partial charge in [0.25, 0.3) is 0 Å². The summed E-state index contributed by atoms with van der Waals surface area (Å²) in [5, 5.41) is 4.03. The fraction of sp³-hybridized carbons (Fsp3) is 0.0500. The molecule has 204 valence electrons. The summed E-state index contributed by atoms with van der Waals surface area (Å²) >= 11 is 0. The Balaban J connectivity index is 1.36. The second-order valence-corrected chi connectivity index (χ2v) is 16.2. The molecule has 0 N–H and O–H groups in total. The van der Waals surface area contributed by atoms with Gasteiger partial charge in [-0.3, -0.25) is 0 Å². The maximum Gasteiger partial charge on any atom is 0.160 e. The van der Waals surface area contributed by atoms with Crippen LogP contribution in [-0.2, 0) is 0 Å². The maximum absolute atomic E-state index is 5.30. The Labute approximate surface area is 253 Å². The molecule has 7 aromatic rings. The van der Waals surface area contributed by atoms with Crippen molar-refractivity contribution in [2.24, 2.45) is 0 Å². The number of aromatic nitrogens is 2. The van der Waals surface area contributed by atoms with Crippen LogP contribution >= 0.6 is 0 Å². The lowest BCUT2D eigenvalue weighted by Crippen LogP contribution is -2.49. The number of nitrogens with zero attached hydrogens (tertiary/aromatic N) is 2. The van der Waals surface area contributed by atoms with Gasteiger partial charge in [0.05, 0.1) is 11.2 Å². The van der Waals surface area contributed by atoms with Crippen LogP contribution < -0.4 is 10.4 Å². The average Bonchev–Trinajstić information content (AvgIpc) is 3.31. The second-order valence-electron chi connectivity index (χ2n) is 11.8. The highest BCUT2D eigenvalue weighted by atomic mass is 28.3. The topological polar surface area (TPSA) is 25.8 Å². The number of benzene rings is 6. The van der Waals surface area contributed by atoms with E-state index in [1.165, 1.54) is 43.8 Å². The Morgan fingerprint density at radius 1 is 0.442 bits per heavy atom. The first-order valence-corrected chi connectivity index (χ1v) is 17.8. The van der Waals surface area contributed by atoms with E-state index >= 15 is 0 Å². The molecule has 1 aliphatic rings. The first-order chi connectivity index (χ1) is 21.1. The molecule has 3 heteroatoms. The van der Waals surface area contributed by atoms with E-state index in [9.17, 15) is 0 Å². The van der Waals surface area contributed by atoms with Crippen molar-refractivity contribution >= 4 is 29.4 Å². The molecule has 1 aliphatic heterocycles. The van der Waals surface area contributed by atoms with Crippen molar-refractivity contribution in [1.82, 2.24) is 9.97 Å². The molecule has 0 saturated heterocycles. The van der Waals surface area contributed by atoms with Crippen molar-refractivity contribution in [2.75, 3.05) is 0 Å². The molecule has 0 bridgehead atoms. The van der Waals surface area contributed by atoms with Gasteiger partial charge in [-0.05, 0) is 50.3 Å². The summed E-state index contributed by atoms with van der Waals surface area (Å²) < 4.78 is 0. The van der Waals surface area contributed by atoms with Gasteiger partial charge in [0.1, 0.15) is 8.07 Å². The van der Waals surface area contributed by atoms with E-state index < -0.39 is 8.07 Å². The van der Waals surface area contributed by atoms with Crippen molar-refractivity contribution < 1.29 is 0 Å². The lowest BCUT2D eigenvalue weighted by atomic mass is 9.95. The molecule has 43 heavy (non-hydrogen) atoms. The minimum absolute atomic E-state index is 0.761. The van der Waals surface area contributed by atoms with Crippen LogP contribution in [0.3, 0.4) is 0 Å². The largest absolute Gasteiger partial charge is 0.227 e. The lowest BCUT2D eigenvalue weighted by Gasteiger charge is -2.19. The highest BCUT2D eigenvalue weighted by Gasteiger charge is 2.38. The molecule has 1 aromatic heterocycles. The van der Waals surface area contributed by atoms with Crippen LogP contribution in [0.15, 0.2) is 146 Å². The van der Waals surface area contributed by atoms with Gasteiger partial charge in [-0.25, -0.2) is 9.97 Å². The highest BCUT2D eigenvalue weighted by Crippen LogP contribution is 2.38. The van der Waals surface area contributed by atoms with Crippen molar-refractivity contribution in [3.05, 3.63) is 146 Å². The van der Waals surface area contributed by atoms with E-state index in [0.29, 0.717) is 0 Å². The van der Waals surface area contributed by atoms with Crippen LogP contribution in [0.1, 0.15) is 0 Å². The summed E-state index contributed by atoms with van der Waals surface area (Å²) in [6.45, 7) is 4.91. The predicted molar refractivity (Wildman–Crippen MR) is 183 cm³/mol. The highest BCUT2D eigenvalue weighted by molar-refractivity contribution is 7.04. The van der Waals surface area contributed by atoms with Crippen molar-refractivity contribution in [1.29, 1.82) is 0 Å². The molecular weight excluding hydrogens is 537 g/mol. The Kier molecular flexibility index (Phi) is 5.95. The van der Waals surface area contributed by atoms with Crippen LogP contribution in [-0.4, -0.2) is 18.0 Å². The molecule has 0 fully saturated rings. The smallest absolute Gasteiger partial charge is 0.160 e. The molecule has 8 rings (SSSR count). The van der Waals surface area contributed by atoms with E-state index in [1.807, 2.05) is 6.07 Å². The lowest BCUT2D eigenvalue weighted by molar-refractivity contribution is 1.23. The zero-order chi connectivity index (χ0) is 29.0. The van der Waals surface area contributed by atoms with Crippen LogP contribution in [0, 0.1) is 0 Å². The number of rotatable bonds is 4. The standard InChI is InChI=1S/C40H30N2Si/c1-43(2)35-22-10-9-21-33(35)37-36(43)24-23-34-38(41-40(42-39(34)37)28-15-7-4-8-16-28)32-20-12-19-31(26-32)30-18-11-17-29(25-30)27-13-5-3-6-14-27/h3-26H,1-2H3. The molecule has 2 nitrogen and oxygen atoms in total. The average molecular weight is 567 g/mol. The maximum atomic E-state index is 5.30. The van der Waals surface area contributed by atoms with Crippen LogP contribution in [0.2, 0.25) is 13.1 Å². The molecule has 0 spiro atoms. The summed E-state index contributed by atoms with van der Waals surface area (Å²) in [6.07, 6.45) is 0. The number of fused-ring (bicyclic) bond motifs is 5. The molecular formula is C40H30N2Si. The molecule has 0 aliphatic carbocycles. The second kappa shape index (κ2) is 10.0. The van der Waals surface area contributed by atoms with Gasteiger partial charge >= 0.3 is 0 Å². The van der Waals surface area contributed by atoms with Gasteiger partial charge in [0.2, 0.25) is 0 Å². The Bertz CT molecular complexity index is 2150. The quantitative estimate of drug-likeness (QED) is 0.199. The number of hydrogen-bond donors (Lipinski definition) is 0. The van der Waals surface area contributed by atoms with Gasteiger partial charge in [0, 0.05) is 22.1 Å². The van der Waals surface area contributed by atoms with E-state index in [4.69, 9.17) is 9.97 Å². The molecule has 0 radical (unpaired) electrons. The van der Waals surface area contributed by atoms with Gasteiger partial charge in [-0.2, -0.15) is 0 Å². The first-order valence-electron chi connectivity index (χ1n) is 14.8. The van der Waals surface area contributed by atoms with Crippen LogP contribution in [0.25, 0.3) is 66.9 Å². The Morgan fingerprint density at radius 2 is 1.00 bits per heavy atom. The fourth-order valence-electron chi connectivity index (χ4n) is 6.67. The van der Waals surface area contributed by atoms with Gasteiger partial charge in [-0.15, -0.1) is 0 Å². The third kappa shape index (κ3) is 4.24. The predicted octanol–water partition coefficient (Wildman–Crippen LogP) is 9.10. The molecule has 0 atom stereocenters. The zero-order valence-corrected chi connectivity index (χ0v) is 25.3.